The molecule has 1 fully saturated rings. The molecule has 0 spiro atoms. The molecule has 2 atom stereocenters. The molecule has 0 amide bonds. The number of likely N-dealkylation sites (tertiary alicyclic amines) is 1. The normalized spacial score (nSPS) is 25.4. The smallest absolute Gasteiger partial charge is 0.0397 e. The summed E-state index contributed by atoms with van der Waals surface area (Å²) in [5.74, 6) is 0.721. The summed E-state index contributed by atoms with van der Waals surface area (Å²) < 4.78 is 1.24. The molecular formula is C14H21BrN2. The Morgan fingerprint density at radius 3 is 2.88 bits per heavy atom. The molecule has 94 valence electrons. The number of rotatable bonds is 4. The van der Waals surface area contributed by atoms with E-state index >= 15 is 0 Å². The molecular weight excluding hydrogens is 276 g/mol. The van der Waals surface area contributed by atoms with E-state index in [4.69, 9.17) is 0 Å². The van der Waals surface area contributed by atoms with Crippen molar-refractivity contribution in [2.45, 2.75) is 19.4 Å². The molecule has 1 heterocycles. The Labute approximate surface area is 113 Å². The topological polar surface area (TPSA) is 15.3 Å². The summed E-state index contributed by atoms with van der Waals surface area (Å²) in [5.41, 5.74) is 1.43. The van der Waals surface area contributed by atoms with Gasteiger partial charge in [-0.25, -0.2) is 0 Å². The minimum Gasteiger partial charge on any atom is -0.317 e. The molecule has 1 aromatic rings. The quantitative estimate of drug-likeness (QED) is 0.919. The van der Waals surface area contributed by atoms with E-state index in [0.717, 1.165) is 19.0 Å². The van der Waals surface area contributed by atoms with Gasteiger partial charge in [-0.05, 0) is 50.7 Å². The fourth-order valence-electron chi connectivity index (χ4n) is 2.78. The second-order valence-corrected chi connectivity index (χ2v) is 5.66. The maximum Gasteiger partial charge on any atom is 0.0397 e. The van der Waals surface area contributed by atoms with Crippen molar-refractivity contribution in [3.05, 3.63) is 34.3 Å². The van der Waals surface area contributed by atoms with Gasteiger partial charge >= 0.3 is 0 Å². The highest BCUT2D eigenvalue weighted by Crippen LogP contribution is 2.38. The van der Waals surface area contributed by atoms with E-state index < -0.39 is 0 Å². The summed E-state index contributed by atoms with van der Waals surface area (Å²) in [6.45, 7) is 5.55. The van der Waals surface area contributed by atoms with Crippen LogP contribution < -0.4 is 5.32 Å². The average molecular weight is 297 g/mol. The third-order valence-electron chi connectivity index (χ3n) is 3.65. The summed E-state index contributed by atoms with van der Waals surface area (Å²) >= 11 is 3.68. The Morgan fingerprint density at radius 2 is 2.18 bits per heavy atom. The Balaban J connectivity index is 2.18. The molecule has 0 bridgehead atoms. The lowest BCUT2D eigenvalue weighted by Gasteiger charge is -2.26. The summed E-state index contributed by atoms with van der Waals surface area (Å²) in [5, 5.41) is 3.49. The molecule has 1 saturated heterocycles. The summed E-state index contributed by atoms with van der Waals surface area (Å²) in [6, 6.07) is 9.16. The molecule has 3 heteroatoms. The van der Waals surface area contributed by atoms with Gasteiger partial charge in [0.15, 0.2) is 0 Å². The standard InChI is InChI=1S/C14H21BrN2/c1-3-16-10-11-8-9-17(2)14(11)12-6-4-5-7-13(12)15/h4-7,11,14,16H,3,8-10H2,1-2H3. The number of benzene rings is 1. The van der Waals surface area contributed by atoms with Crippen LogP contribution in [0.2, 0.25) is 0 Å². The van der Waals surface area contributed by atoms with Crippen LogP contribution in [0.5, 0.6) is 0 Å². The Hall–Kier alpha value is -0.380. The first kappa shape index (κ1) is 13.1. The zero-order chi connectivity index (χ0) is 12.3. The first-order valence-electron chi connectivity index (χ1n) is 6.39. The van der Waals surface area contributed by atoms with Crippen molar-refractivity contribution in [1.82, 2.24) is 10.2 Å². The number of hydrogen-bond acceptors (Lipinski definition) is 2. The molecule has 1 aromatic carbocycles. The summed E-state index contributed by atoms with van der Waals surface area (Å²) in [7, 11) is 2.23. The molecule has 0 saturated carbocycles. The van der Waals surface area contributed by atoms with Crippen LogP contribution in [0.3, 0.4) is 0 Å². The van der Waals surface area contributed by atoms with Crippen LogP contribution in [0, 0.1) is 5.92 Å². The van der Waals surface area contributed by atoms with Gasteiger partial charge in [0, 0.05) is 10.5 Å². The number of nitrogens with one attached hydrogen (secondary N) is 1. The third-order valence-corrected chi connectivity index (χ3v) is 4.38. The number of halogens is 1. The van der Waals surface area contributed by atoms with E-state index in [1.165, 1.54) is 23.0 Å². The summed E-state index contributed by atoms with van der Waals surface area (Å²) in [4.78, 5) is 2.47. The van der Waals surface area contributed by atoms with E-state index in [9.17, 15) is 0 Å². The fourth-order valence-corrected chi connectivity index (χ4v) is 3.30. The van der Waals surface area contributed by atoms with Gasteiger partial charge in [-0.3, -0.25) is 4.90 Å². The van der Waals surface area contributed by atoms with Gasteiger partial charge in [-0.2, -0.15) is 0 Å². The molecule has 2 nitrogen and oxygen atoms in total. The molecule has 17 heavy (non-hydrogen) atoms. The van der Waals surface area contributed by atoms with Gasteiger partial charge in [-0.15, -0.1) is 0 Å². The summed E-state index contributed by atoms with van der Waals surface area (Å²) in [6.07, 6.45) is 1.29. The van der Waals surface area contributed by atoms with Crippen LogP contribution in [-0.4, -0.2) is 31.6 Å². The minimum atomic E-state index is 0.546. The van der Waals surface area contributed by atoms with Gasteiger partial charge in [0.1, 0.15) is 0 Å². The van der Waals surface area contributed by atoms with Crippen molar-refractivity contribution >= 4 is 15.9 Å². The third kappa shape index (κ3) is 2.90. The lowest BCUT2D eigenvalue weighted by atomic mass is 9.94. The van der Waals surface area contributed by atoms with Gasteiger partial charge in [0.2, 0.25) is 0 Å². The average Bonchev–Trinajstić information content (AvgIpc) is 2.69. The van der Waals surface area contributed by atoms with Crippen LogP contribution in [-0.2, 0) is 0 Å². The van der Waals surface area contributed by atoms with E-state index in [-0.39, 0.29) is 0 Å². The van der Waals surface area contributed by atoms with Crippen LogP contribution in [0.1, 0.15) is 24.9 Å². The Kier molecular flexibility index (Phi) is 4.60. The van der Waals surface area contributed by atoms with Crippen LogP contribution in [0.4, 0.5) is 0 Å². The maximum atomic E-state index is 3.68. The SMILES string of the molecule is CCNCC1CCN(C)C1c1ccccc1Br. The van der Waals surface area contributed by atoms with Gasteiger partial charge in [-0.1, -0.05) is 41.1 Å². The van der Waals surface area contributed by atoms with Crippen molar-refractivity contribution < 1.29 is 0 Å². The Bertz CT molecular complexity index is 367. The molecule has 1 aliphatic heterocycles. The molecule has 0 aliphatic carbocycles. The predicted octanol–water partition coefficient (Wildman–Crippen LogP) is 3.05. The monoisotopic (exact) mass is 296 g/mol. The van der Waals surface area contributed by atoms with Crippen molar-refractivity contribution in [3.8, 4) is 0 Å². The van der Waals surface area contributed by atoms with E-state index in [0.29, 0.717) is 6.04 Å². The molecule has 1 aliphatic rings. The van der Waals surface area contributed by atoms with Crippen LogP contribution in [0.15, 0.2) is 28.7 Å². The molecule has 0 aromatic heterocycles. The van der Waals surface area contributed by atoms with Gasteiger partial charge in [0.05, 0.1) is 0 Å². The maximum absolute atomic E-state index is 3.68. The van der Waals surface area contributed by atoms with Crippen molar-refractivity contribution in [2.75, 3.05) is 26.7 Å². The van der Waals surface area contributed by atoms with Crippen LogP contribution >= 0.6 is 15.9 Å². The highest BCUT2D eigenvalue weighted by atomic mass is 79.9. The van der Waals surface area contributed by atoms with Gasteiger partial charge in [0.25, 0.3) is 0 Å². The van der Waals surface area contributed by atoms with E-state index in [1.54, 1.807) is 0 Å². The second kappa shape index (κ2) is 5.98. The zero-order valence-electron chi connectivity index (χ0n) is 10.6. The van der Waals surface area contributed by atoms with Crippen molar-refractivity contribution in [1.29, 1.82) is 0 Å². The zero-order valence-corrected chi connectivity index (χ0v) is 12.2. The van der Waals surface area contributed by atoms with Gasteiger partial charge < -0.3 is 5.32 Å². The first-order valence-corrected chi connectivity index (χ1v) is 7.18. The molecule has 2 rings (SSSR count). The lowest BCUT2D eigenvalue weighted by Crippen LogP contribution is -2.28. The Morgan fingerprint density at radius 1 is 1.41 bits per heavy atom. The van der Waals surface area contributed by atoms with Crippen LogP contribution in [0.25, 0.3) is 0 Å². The number of hydrogen-bond donors (Lipinski definition) is 1. The highest BCUT2D eigenvalue weighted by molar-refractivity contribution is 9.10. The molecule has 1 N–H and O–H groups in total. The lowest BCUT2D eigenvalue weighted by molar-refractivity contribution is 0.272. The fraction of sp³-hybridized carbons (Fsp3) is 0.571. The van der Waals surface area contributed by atoms with Crippen molar-refractivity contribution in [3.63, 3.8) is 0 Å². The molecule has 0 radical (unpaired) electrons. The predicted molar refractivity (Wildman–Crippen MR) is 76.2 cm³/mol. The first-order chi connectivity index (χ1) is 8.24. The minimum absolute atomic E-state index is 0.546. The highest BCUT2D eigenvalue weighted by Gasteiger charge is 2.33. The second-order valence-electron chi connectivity index (χ2n) is 4.80. The van der Waals surface area contributed by atoms with Crippen molar-refractivity contribution in [2.24, 2.45) is 5.92 Å². The van der Waals surface area contributed by atoms with E-state index in [2.05, 4.69) is 64.4 Å². The van der Waals surface area contributed by atoms with E-state index in [1.807, 2.05) is 0 Å². The largest absolute Gasteiger partial charge is 0.317 e. The molecule has 2 unspecified atom stereocenters. The number of nitrogens with zero attached hydrogens (tertiary/aromatic N) is 1.